The molecule has 0 aliphatic carbocycles. The van der Waals surface area contributed by atoms with Gasteiger partial charge in [-0.2, -0.15) is 5.10 Å². The molecule has 0 aromatic heterocycles. The Balaban J connectivity index is 2.07. The third-order valence-corrected chi connectivity index (χ3v) is 4.81. The molecule has 0 radical (unpaired) electrons. The second-order valence-electron chi connectivity index (χ2n) is 7.50. The van der Waals surface area contributed by atoms with Crippen molar-refractivity contribution < 1.29 is 9.53 Å². The number of ether oxygens (including phenoxy) is 1. The second-order valence-corrected chi connectivity index (χ2v) is 7.50. The van der Waals surface area contributed by atoms with E-state index < -0.39 is 0 Å². The third kappa shape index (κ3) is 13.3. The van der Waals surface area contributed by atoms with Crippen LogP contribution in [0, 0.1) is 0 Å². The summed E-state index contributed by atoms with van der Waals surface area (Å²) in [6.07, 6.45) is 17.0. The number of hydrogen-bond acceptors (Lipinski definition) is 3. The van der Waals surface area contributed by atoms with Crippen LogP contribution in [-0.2, 0) is 4.79 Å². The van der Waals surface area contributed by atoms with E-state index in [-0.39, 0.29) is 5.91 Å². The van der Waals surface area contributed by atoms with Gasteiger partial charge in [0.05, 0.1) is 12.8 Å². The van der Waals surface area contributed by atoms with Crippen LogP contribution in [0.1, 0.15) is 103 Å². The average molecular weight is 389 g/mol. The van der Waals surface area contributed by atoms with Gasteiger partial charge in [-0.05, 0) is 42.7 Å². The van der Waals surface area contributed by atoms with Crippen LogP contribution < -0.4 is 10.2 Å². The van der Waals surface area contributed by atoms with E-state index in [0.717, 1.165) is 37.2 Å². The van der Waals surface area contributed by atoms with E-state index in [9.17, 15) is 4.79 Å². The zero-order valence-corrected chi connectivity index (χ0v) is 18.0. The molecule has 28 heavy (non-hydrogen) atoms. The fraction of sp³-hybridized carbons (Fsp3) is 0.667. The number of hydrogen-bond donors (Lipinski definition) is 1. The maximum absolute atomic E-state index is 11.8. The fourth-order valence-electron chi connectivity index (χ4n) is 3.02. The molecule has 0 heterocycles. The second kappa shape index (κ2) is 17.3. The first-order chi connectivity index (χ1) is 13.8. The quantitative estimate of drug-likeness (QED) is 0.185. The van der Waals surface area contributed by atoms with E-state index >= 15 is 0 Å². The highest BCUT2D eigenvalue weighted by atomic mass is 16.5. The van der Waals surface area contributed by atoms with Crippen LogP contribution >= 0.6 is 0 Å². The van der Waals surface area contributed by atoms with Gasteiger partial charge in [0.15, 0.2) is 0 Å². The Morgan fingerprint density at radius 1 is 0.857 bits per heavy atom. The van der Waals surface area contributed by atoms with Gasteiger partial charge in [0.2, 0.25) is 5.91 Å². The van der Waals surface area contributed by atoms with Crippen molar-refractivity contribution in [3.8, 4) is 5.75 Å². The summed E-state index contributed by atoms with van der Waals surface area (Å²) in [5.74, 6) is 0.873. The van der Waals surface area contributed by atoms with Gasteiger partial charge >= 0.3 is 0 Å². The Morgan fingerprint density at radius 3 is 2.07 bits per heavy atom. The SMILES string of the molecule is CCCCCCCCCCCC(=O)N/N=C\c1ccc(OCCCCC)cc1. The number of amides is 1. The van der Waals surface area contributed by atoms with Crippen molar-refractivity contribution in [2.75, 3.05) is 6.61 Å². The van der Waals surface area contributed by atoms with Gasteiger partial charge in [0.1, 0.15) is 5.75 Å². The Morgan fingerprint density at radius 2 is 1.43 bits per heavy atom. The van der Waals surface area contributed by atoms with Crippen LogP contribution in [0.2, 0.25) is 0 Å². The molecule has 158 valence electrons. The van der Waals surface area contributed by atoms with E-state index in [2.05, 4.69) is 24.4 Å². The summed E-state index contributed by atoms with van der Waals surface area (Å²) in [5.41, 5.74) is 3.57. The van der Waals surface area contributed by atoms with Crippen molar-refractivity contribution in [1.82, 2.24) is 5.43 Å². The van der Waals surface area contributed by atoms with Crippen molar-refractivity contribution in [3.63, 3.8) is 0 Å². The molecule has 1 aromatic carbocycles. The molecule has 0 atom stereocenters. The summed E-state index contributed by atoms with van der Waals surface area (Å²) in [4.78, 5) is 11.8. The molecular weight excluding hydrogens is 348 g/mol. The third-order valence-electron chi connectivity index (χ3n) is 4.81. The lowest BCUT2D eigenvalue weighted by Crippen LogP contribution is -2.16. The van der Waals surface area contributed by atoms with Gasteiger partial charge in [-0.15, -0.1) is 0 Å². The standard InChI is InChI=1S/C24H40N2O2/c1-3-5-7-8-9-10-11-12-13-15-24(27)26-25-21-22-16-18-23(19-17-22)28-20-14-6-4-2/h16-19,21H,3-15,20H2,1-2H3,(H,26,27)/b25-21-. The molecule has 0 spiro atoms. The molecule has 1 aromatic rings. The minimum absolute atomic E-state index is 0.00456. The zero-order valence-electron chi connectivity index (χ0n) is 18.0. The smallest absolute Gasteiger partial charge is 0.240 e. The van der Waals surface area contributed by atoms with E-state index in [1.807, 2.05) is 24.3 Å². The van der Waals surface area contributed by atoms with Crippen LogP contribution in [0.15, 0.2) is 29.4 Å². The van der Waals surface area contributed by atoms with E-state index in [4.69, 9.17) is 4.74 Å². The predicted octanol–water partition coefficient (Wildman–Crippen LogP) is 6.63. The highest BCUT2D eigenvalue weighted by molar-refractivity contribution is 5.82. The molecule has 0 aliphatic rings. The topological polar surface area (TPSA) is 50.7 Å². The Bertz CT molecular complexity index is 526. The number of unbranched alkanes of at least 4 members (excludes halogenated alkanes) is 10. The molecule has 1 amide bonds. The number of carbonyl (C=O) groups is 1. The maximum Gasteiger partial charge on any atom is 0.240 e. The zero-order chi connectivity index (χ0) is 20.3. The van der Waals surface area contributed by atoms with E-state index in [1.165, 1.54) is 57.8 Å². The molecule has 1 rings (SSSR count). The van der Waals surface area contributed by atoms with Gasteiger partial charge in [0, 0.05) is 6.42 Å². The van der Waals surface area contributed by atoms with E-state index in [0.29, 0.717) is 6.42 Å². The molecule has 0 bridgehead atoms. The van der Waals surface area contributed by atoms with Gasteiger partial charge < -0.3 is 4.74 Å². The van der Waals surface area contributed by atoms with Crippen LogP contribution in [0.5, 0.6) is 5.75 Å². The Labute approximate surface area is 172 Å². The van der Waals surface area contributed by atoms with Crippen molar-refractivity contribution in [3.05, 3.63) is 29.8 Å². The molecule has 0 saturated heterocycles. The molecule has 0 saturated carbocycles. The molecule has 0 aliphatic heterocycles. The van der Waals surface area contributed by atoms with Gasteiger partial charge in [-0.1, -0.05) is 78.1 Å². The monoisotopic (exact) mass is 388 g/mol. The molecule has 0 fully saturated rings. The summed E-state index contributed by atoms with van der Waals surface area (Å²) in [7, 11) is 0. The number of nitrogens with zero attached hydrogens (tertiary/aromatic N) is 1. The maximum atomic E-state index is 11.8. The lowest BCUT2D eigenvalue weighted by Gasteiger charge is -2.05. The molecular formula is C24H40N2O2. The first-order valence-corrected chi connectivity index (χ1v) is 11.3. The Kier molecular flexibility index (Phi) is 14.9. The van der Waals surface area contributed by atoms with E-state index in [1.54, 1.807) is 6.21 Å². The largest absolute Gasteiger partial charge is 0.494 e. The van der Waals surface area contributed by atoms with Crippen molar-refractivity contribution >= 4 is 12.1 Å². The summed E-state index contributed by atoms with van der Waals surface area (Å²) in [6, 6.07) is 7.78. The number of carbonyl (C=O) groups excluding carboxylic acids is 1. The van der Waals surface area contributed by atoms with Gasteiger partial charge in [0.25, 0.3) is 0 Å². The summed E-state index contributed by atoms with van der Waals surface area (Å²) in [5, 5.41) is 4.05. The first-order valence-electron chi connectivity index (χ1n) is 11.3. The lowest BCUT2D eigenvalue weighted by molar-refractivity contribution is -0.121. The van der Waals surface area contributed by atoms with Crippen LogP contribution in [0.3, 0.4) is 0 Å². The summed E-state index contributed by atoms with van der Waals surface area (Å²) in [6.45, 7) is 5.19. The minimum atomic E-state index is -0.00456. The average Bonchev–Trinajstić information content (AvgIpc) is 2.71. The van der Waals surface area contributed by atoms with Gasteiger partial charge in [-0.3, -0.25) is 4.79 Å². The lowest BCUT2D eigenvalue weighted by atomic mass is 10.1. The number of rotatable bonds is 17. The van der Waals surface area contributed by atoms with Crippen molar-refractivity contribution in [2.24, 2.45) is 5.10 Å². The minimum Gasteiger partial charge on any atom is -0.494 e. The normalized spacial score (nSPS) is 11.1. The molecule has 1 N–H and O–H groups in total. The van der Waals surface area contributed by atoms with Gasteiger partial charge in [-0.25, -0.2) is 5.43 Å². The molecule has 4 nitrogen and oxygen atoms in total. The number of nitrogens with one attached hydrogen (secondary N) is 1. The Hall–Kier alpha value is -1.84. The predicted molar refractivity (Wildman–Crippen MR) is 119 cm³/mol. The molecule has 0 unspecified atom stereocenters. The first kappa shape index (κ1) is 24.2. The number of benzene rings is 1. The highest BCUT2D eigenvalue weighted by Crippen LogP contribution is 2.12. The van der Waals surface area contributed by atoms with Crippen LogP contribution in [-0.4, -0.2) is 18.7 Å². The van der Waals surface area contributed by atoms with Crippen LogP contribution in [0.25, 0.3) is 0 Å². The summed E-state index contributed by atoms with van der Waals surface area (Å²) >= 11 is 0. The molecule has 4 heteroatoms. The highest BCUT2D eigenvalue weighted by Gasteiger charge is 2.00. The van der Waals surface area contributed by atoms with Crippen molar-refractivity contribution in [2.45, 2.75) is 97.3 Å². The summed E-state index contributed by atoms with van der Waals surface area (Å²) < 4.78 is 5.69. The van der Waals surface area contributed by atoms with Crippen LogP contribution in [0.4, 0.5) is 0 Å². The number of hydrazone groups is 1. The van der Waals surface area contributed by atoms with Crippen molar-refractivity contribution in [1.29, 1.82) is 0 Å². The fourth-order valence-corrected chi connectivity index (χ4v) is 3.02.